The molecule has 0 aliphatic rings. The molecular weight excluding hydrogens is 156 g/mol. The Balaban J connectivity index is 5.25. The summed E-state index contributed by atoms with van der Waals surface area (Å²) in [7, 11) is 0. The molecule has 0 nitrogen and oxygen atoms in total. The lowest BCUT2D eigenvalue weighted by molar-refractivity contribution is 0.512. The van der Waals surface area contributed by atoms with Crippen LogP contribution < -0.4 is 0 Å². The van der Waals surface area contributed by atoms with Crippen molar-refractivity contribution in [1.82, 2.24) is 0 Å². The fourth-order valence-corrected chi connectivity index (χ4v) is 1.33. The summed E-state index contributed by atoms with van der Waals surface area (Å²) >= 11 is 0. The molecule has 0 radical (unpaired) electrons. The third-order valence-corrected chi connectivity index (χ3v) is 2.19. The molecule has 0 aromatic heterocycles. The first-order chi connectivity index (χ1) is 5.80. The summed E-state index contributed by atoms with van der Waals surface area (Å²) in [6.45, 7) is 16.9. The largest absolute Gasteiger partial charge is 0.0958 e. The minimum Gasteiger partial charge on any atom is -0.0958 e. The first-order valence-electron chi connectivity index (χ1n) is 4.80. The van der Waals surface area contributed by atoms with Crippen molar-refractivity contribution in [1.29, 1.82) is 0 Å². The molecule has 0 spiro atoms. The molecule has 0 aromatic rings. The van der Waals surface area contributed by atoms with Crippen molar-refractivity contribution in [2.75, 3.05) is 0 Å². The molecule has 0 aliphatic carbocycles. The molecule has 0 unspecified atom stereocenters. The Morgan fingerprint density at radius 2 is 1.62 bits per heavy atom. The van der Waals surface area contributed by atoms with E-state index in [4.69, 9.17) is 0 Å². The first kappa shape index (κ1) is 12.2. The van der Waals surface area contributed by atoms with Gasteiger partial charge in [-0.25, -0.2) is 0 Å². The number of hydrogen-bond acceptors (Lipinski definition) is 0. The van der Waals surface area contributed by atoms with E-state index >= 15 is 0 Å². The molecular formula is C13H22. The SMILES string of the molecule is C=C(C)/C(C)=C(\C=CC)C(C)(C)C. The van der Waals surface area contributed by atoms with Crippen LogP contribution in [0.2, 0.25) is 0 Å². The van der Waals surface area contributed by atoms with Gasteiger partial charge in [0, 0.05) is 0 Å². The van der Waals surface area contributed by atoms with E-state index in [1.165, 1.54) is 11.1 Å². The maximum absolute atomic E-state index is 3.98. The van der Waals surface area contributed by atoms with Crippen LogP contribution in [0.1, 0.15) is 41.5 Å². The zero-order valence-corrected chi connectivity index (χ0v) is 9.86. The summed E-state index contributed by atoms with van der Waals surface area (Å²) in [4.78, 5) is 0. The maximum Gasteiger partial charge on any atom is -0.0129 e. The highest BCUT2D eigenvalue weighted by atomic mass is 14.2. The zero-order chi connectivity index (χ0) is 10.6. The van der Waals surface area contributed by atoms with Gasteiger partial charge in [-0.15, -0.1) is 0 Å². The topological polar surface area (TPSA) is 0 Å². The molecule has 0 heteroatoms. The average Bonchev–Trinajstić information content (AvgIpc) is 1.96. The second-order valence-electron chi connectivity index (χ2n) is 4.57. The fourth-order valence-electron chi connectivity index (χ4n) is 1.33. The van der Waals surface area contributed by atoms with Gasteiger partial charge in [0.25, 0.3) is 0 Å². The first-order valence-corrected chi connectivity index (χ1v) is 4.80. The Hall–Kier alpha value is -0.780. The van der Waals surface area contributed by atoms with Crippen LogP contribution >= 0.6 is 0 Å². The quantitative estimate of drug-likeness (QED) is 0.546. The minimum absolute atomic E-state index is 0.204. The third-order valence-electron chi connectivity index (χ3n) is 2.19. The fraction of sp³-hybridized carbons (Fsp3) is 0.538. The van der Waals surface area contributed by atoms with Gasteiger partial charge in [-0.05, 0) is 37.3 Å². The van der Waals surface area contributed by atoms with E-state index in [1.807, 2.05) is 0 Å². The lowest BCUT2D eigenvalue weighted by atomic mass is 9.82. The van der Waals surface area contributed by atoms with Crippen molar-refractivity contribution in [3.8, 4) is 0 Å². The lowest BCUT2D eigenvalue weighted by Crippen LogP contribution is -2.10. The Kier molecular flexibility index (Phi) is 4.19. The summed E-state index contributed by atoms with van der Waals surface area (Å²) in [6, 6.07) is 0. The highest BCUT2D eigenvalue weighted by Gasteiger charge is 2.16. The van der Waals surface area contributed by atoms with Crippen LogP contribution in [0.4, 0.5) is 0 Å². The van der Waals surface area contributed by atoms with Crippen molar-refractivity contribution in [3.05, 3.63) is 35.5 Å². The van der Waals surface area contributed by atoms with Gasteiger partial charge in [0.2, 0.25) is 0 Å². The molecule has 0 aromatic carbocycles. The van der Waals surface area contributed by atoms with Crippen LogP contribution in [0, 0.1) is 5.41 Å². The van der Waals surface area contributed by atoms with E-state index in [2.05, 4.69) is 60.3 Å². The second-order valence-corrected chi connectivity index (χ2v) is 4.57. The van der Waals surface area contributed by atoms with E-state index < -0.39 is 0 Å². The van der Waals surface area contributed by atoms with Gasteiger partial charge in [-0.3, -0.25) is 0 Å². The summed E-state index contributed by atoms with van der Waals surface area (Å²) in [5.41, 5.74) is 4.05. The predicted molar refractivity (Wildman–Crippen MR) is 61.8 cm³/mol. The van der Waals surface area contributed by atoms with Gasteiger partial charge < -0.3 is 0 Å². The van der Waals surface area contributed by atoms with Crippen molar-refractivity contribution in [2.24, 2.45) is 5.41 Å². The molecule has 0 aliphatic heterocycles. The summed E-state index contributed by atoms with van der Waals surface area (Å²) < 4.78 is 0. The Labute approximate surface area is 83.0 Å². The number of allylic oxidation sites excluding steroid dienone is 5. The van der Waals surface area contributed by atoms with Gasteiger partial charge in [0.05, 0.1) is 0 Å². The van der Waals surface area contributed by atoms with Gasteiger partial charge in [-0.1, -0.05) is 45.1 Å². The maximum atomic E-state index is 3.98. The van der Waals surface area contributed by atoms with E-state index in [9.17, 15) is 0 Å². The minimum atomic E-state index is 0.204. The molecule has 0 saturated carbocycles. The van der Waals surface area contributed by atoms with Crippen LogP contribution in [0.15, 0.2) is 35.5 Å². The van der Waals surface area contributed by atoms with E-state index in [-0.39, 0.29) is 5.41 Å². The van der Waals surface area contributed by atoms with Crippen LogP contribution in [0.25, 0.3) is 0 Å². The van der Waals surface area contributed by atoms with E-state index in [0.29, 0.717) is 0 Å². The molecule has 0 saturated heterocycles. The summed E-state index contributed by atoms with van der Waals surface area (Å²) in [6.07, 6.45) is 4.27. The van der Waals surface area contributed by atoms with Crippen molar-refractivity contribution < 1.29 is 0 Å². The molecule has 13 heavy (non-hydrogen) atoms. The highest BCUT2D eigenvalue weighted by Crippen LogP contribution is 2.31. The smallest absolute Gasteiger partial charge is 0.0129 e. The molecule has 74 valence electrons. The Morgan fingerprint density at radius 1 is 1.15 bits per heavy atom. The average molecular weight is 178 g/mol. The molecule has 0 bridgehead atoms. The Morgan fingerprint density at radius 3 is 1.85 bits per heavy atom. The number of rotatable bonds is 2. The summed E-state index contributed by atoms with van der Waals surface area (Å²) in [5, 5.41) is 0. The molecule has 0 amide bonds. The van der Waals surface area contributed by atoms with Crippen molar-refractivity contribution >= 4 is 0 Å². The number of hydrogen-bond donors (Lipinski definition) is 0. The van der Waals surface area contributed by atoms with Gasteiger partial charge >= 0.3 is 0 Å². The van der Waals surface area contributed by atoms with E-state index in [1.54, 1.807) is 0 Å². The predicted octanol–water partition coefficient (Wildman–Crippen LogP) is 4.50. The standard InChI is InChI=1S/C13H22/c1-8-9-12(13(5,6)7)11(4)10(2)3/h8-9H,2H2,1,3-7H3/b9-8?,12-11+. The van der Waals surface area contributed by atoms with Gasteiger partial charge in [0.15, 0.2) is 0 Å². The molecule has 0 heterocycles. The molecule has 0 atom stereocenters. The van der Waals surface area contributed by atoms with Crippen molar-refractivity contribution in [2.45, 2.75) is 41.5 Å². The Bertz CT molecular complexity index is 244. The van der Waals surface area contributed by atoms with Crippen molar-refractivity contribution in [3.63, 3.8) is 0 Å². The molecule has 0 N–H and O–H groups in total. The molecule has 0 rings (SSSR count). The van der Waals surface area contributed by atoms with Crippen LogP contribution in [0.3, 0.4) is 0 Å². The second kappa shape index (κ2) is 4.45. The van der Waals surface area contributed by atoms with E-state index in [0.717, 1.165) is 5.57 Å². The van der Waals surface area contributed by atoms with Gasteiger partial charge in [-0.2, -0.15) is 0 Å². The normalized spacial score (nSPS) is 14.6. The van der Waals surface area contributed by atoms with Crippen LogP contribution in [0.5, 0.6) is 0 Å². The van der Waals surface area contributed by atoms with Crippen LogP contribution in [-0.2, 0) is 0 Å². The highest BCUT2D eigenvalue weighted by molar-refractivity contribution is 5.39. The van der Waals surface area contributed by atoms with Gasteiger partial charge in [0.1, 0.15) is 0 Å². The zero-order valence-electron chi connectivity index (χ0n) is 9.86. The van der Waals surface area contributed by atoms with Crippen LogP contribution in [-0.4, -0.2) is 0 Å². The molecule has 0 fully saturated rings. The summed E-state index contributed by atoms with van der Waals surface area (Å²) in [5.74, 6) is 0. The third kappa shape index (κ3) is 3.63. The lowest BCUT2D eigenvalue weighted by Gasteiger charge is -2.23. The monoisotopic (exact) mass is 178 g/mol.